The van der Waals surface area contributed by atoms with Gasteiger partial charge in [0.25, 0.3) is 0 Å². The molecule has 0 spiro atoms. The maximum atomic E-state index is 11.5. The van der Waals surface area contributed by atoms with Gasteiger partial charge in [-0.3, -0.25) is 4.79 Å². The Bertz CT molecular complexity index is 335. The van der Waals surface area contributed by atoms with E-state index >= 15 is 0 Å². The molecule has 0 saturated heterocycles. The molecule has 1 fully saturated rings. The van der Waals surface area contributed by atoms with Crippen LogP contribution >= 0.6 is 0 Å². The van der Waals surface area contributed by atoms with E-state index in [1.807, 2.05) is 0 Å². The second kappa shape index (κ2) is 4.49. The average molecular weight is 234 g/mol. The number of hydrogen-bond donors (Lipinski definition) is 2. The molecule has 1 aliphatic rings. The van der Waals surface area contributed by atoms with E-state index in [9.17, 15) is 13.2 Å². The topological polar surface area (TPSA) is 89.3 Å². The van der Waals surface area contributed by atoms with E-state index in [-0.39, 0.29) is 6.04 Å². The molecule has 0 radical (unpaired) electrons. The Morgan fingerprint density at radius 3 is 2.40 bits per heavy atom. The summed E-state index contributed by atoms with van der Waals surface area (Å²) in [7, 11) is -3.31. The van der Waals surface area contributed by atoms with Crippen LogP contribution in [0, 0.1) is 5.92 Å². The van der Waals surface area contributed by atoms with Crippen molar-refractivity contribution in [2.75, 3.05) is 12.8 Å². The Morgan fingerprint density at radius 2 is 2.07 bits per heavy atom. The Labute approximate surface area is 90.3 Å². The quantitative estimate of drug-likeness (QED) is 0.656. The molecule has 0 heterocycles. The minimum absolute atomic E-state index is 0.0679. The first-order valence-electron chi connectivity index (χ1n) is 5.05. The lowest BCUT2D eigenvalue weighted by Gasteiger charge is -2.18. The summed E-state index contributed by atoms with van der Waals surface area (Å²) in [6.07, 6.45) is 3.19. The molecule has 0 aromatic heterocycles. The first kappa shape index (κ1) is 12.4. The largest absolute Gasteiger partial charge is 0.351 e. The number of rotatable bonds is 5. The van der Waals surface area contributed by atoms with Gasteiger partial charge in [-0.15, -0.1) is 0 Å². The van der Waals surface area contributed by atoms with Crippen molar-refractivity contribution in [2.45, 2.75) is 31.1 Å². The molecule has 0 bridgehead atoms. The number of hydrogen-bond acceptors (Lipinski definition) is 4. The van der Waals surface area contributed by atoms with Gasteiger partial charge in [0, 0.05) is 18.8 Å². The molecule has 1 amide bonds. The number of carbonyl (C=O) groups excluding carboxylic acids is 1. The second-order valence-corrected chi connectivity index (χ2v) is 6.53. The predicted octanol–water partition coefficient (Wildman–Crippen LogP) is -0.727. The summed E-state index contributed by atoms with van der Waals surface area (Å²) < 4.78 is 22.3. The highest BCUT2D eigenvalue weighted by molar-refractivity contribution is 7.92. The predicted molar refractivity (Wildman–Crippen MR) is 58.0 cm³/mol. The van der Waals surface area contributed by atoms with E-state index < -0.39 is 21.0 Å². The van der Waals surface area contributed by atoms with Crippen molar-refractivity contribution < 1.29 is 13.2 Å². The van der Waals surface area contributed by atoms with Crippen LogP contribution in [0.4, 0.5) is 0 Å². The molecule has 0 aromatic carbocycles. The minimum Gasteiger partial charge on any atom is -0.351 e. The van der Waals surface area contributed by atoms with Crippen LogP contribution in [0.3, 0.4) is 0 Å². The van der Waals surface area contributed by atoms with E-state index in [0.717, 1.165) is 19.1 Å². The molecule has 5 nitrogen and oxygen atoms in total. The van der Waals surface area contributed by atoms with Crippen molar-refractivity contribution >= 4 is 15.7 Å². The third-order valence-corrected chi connectivity index (χ3v) is 4.28. The Morgan fingerprint density at radius 1 is 1.53 bits per heavy atom. The van der Waals surface area contributed by atoms with Crippen molar-refractivity contribution in [3.05, 3.63) is 0 Å². The number of nitrogens with one attached hydrogen (secondary N) is 1. The third kappa shape index (κ3) is 3.46. The second-order valence-electron chi connectivity index (χ2n) is 4.16. The van der Waals surface area contributed by atoms with Crippen molar-refractivity contribution in [3.8, 4) is 0 Å². The van der Waals surface area contributed by atoms with Gasteiger partial charge in [0.15, 0.2) is 9.84 Å². The molecular weight excluding hydrogens is 216 g/mol. The van der Waals surface area contributed by atoms with E-state index in [2.05, 4.69) is 5.32 Å². The summed E-state index contributed by atoms with van der Waals surface area (Å²) in [4.78, 5) is 11.5. The fourth-order valence-corrected chi connectivity index (χ4v) is 1.82. The fourth-order valence-electron chi connectivity index (χ4n) is 1.36. The Kier molecular flexibility index (Phi) is 3.72. The molecule has 0 aliphatic heterocycles. The zero-order valence-corrected chi connectivity index (χ0v) is 9.88. The smallest absolute Gasteiger partial charge is 0.238 e. The van der Waals surface area contributed by atoms with Gasteiger partial charge in [0.2, 0.25) is 5.91 Å². The standard InChI is InChI=1S/C9H18N2O3S/c1-6(15(2,13)14)9(12)11-8(5-10)7-3-4-7/h6-8H,3-5,10H2,1-2H3,(H,11,12). The average Bonchev–Trinajstić information content (AvgIpc) is 2.94. The van der Waals surface area contributed by atoms with Gasteiger partial charge in [-0.1, -0.05) is 0 Å². The van der Waals surface area contributed by atoms with E-state index in [1.54, 1.807) is 0 Å². The molecule has 2 atom stereocenters. The number of sulfone groups is 1. The van der Waals surface area contributed by atoms with Crippen LogP contribution in [0.2, 0.25) is 0 Å². The van der Waals surface area contributed by atoms with Gasteiger partial charge in [-0.05, 0) is 25.7 Å². The van der Waals surface area contributed by atoms with Crippen LogP contribution in [0.15, 0.2) is 0 Å². The molecule has 3 N–H and O–H groups in total. The van der Waals surface area contributed by atoms with Crippen LogP contribution in [-0.2, 0) is 14.6 Å². The first-order chi connectivity index (χ1) is 6.86. The highest BCUT2D eigenvalue weighted by atomic mass is 32.2. The zero-order valence-electron chi connectivity index (χ0n) is 9.06. The molecule has 1 saturated carbocycles. The lowest BCUT2D eigenvalue weighted by molar-refractivity contribution is -0.121. The molecule has 1 aliphatic carbocycles. The van der Waals surface area contributed by atoms with Gasteiger partial charge in [-0.2, -0.15) is 0 Å². The highest BCUT2D eigenvalue weighted by Crippen LogP contribution is 2.32. The molecule has 1 rings (SSSR count). The van der Waals surface area contributed by atoms with Crippen molar-refractivity contribution in [3.63, 3.8) is 0 Å². The number of nitrogens with two attached hydrogens (primary N) is 1. The summed E-state index contributed by atoms with van der Waals surface area (Å²) in [6.45, 7) is 1.76. The van der Waals surface area contributed by atoms with Gasteiger partial charge in [-0.25, -0.2) is 8.42 Å². The zero-order chi connectivity index (χ0) is 11.6. The minimum atomic E-state index is -3.31. The summed E-state index contributed by atoms with van der Waals surface area (Å²) in [5.74, 6) is -0.00874. The van der Waals surface area contributed by atoms with Crippen LogP contribution in [0.25, 0.3) is 0 Å². The molecule has 6 heteroatoms. The first-order valence-corrected chi connectivity index (χ1v) is 7.01. The number of carbonyl (C=O) groups is 1. The molecular formula is C9H18N2O3S. The highest BCUT2D eigenvalue weighted by Gasteiger charge is 2.33. The summed E-state index contributed by atoms with van der Waals surface area (Å²) >= 11 is 0. The third-order valence-electron chi connectivity index (χ3n) is 2.78. The monoisotopic (exact) mass is 234 g/mol. The summed E-state index contributed by atoms with van der Waals surface area (Å²) in [5.41, 5.74) is 5.51. The van der Waals surface area contributed by atoms with Gasteiger partial charge in [0.05, 0.1) is 0 Å². The van der Waals surface area contributed by atoms with Crippen LogP contribution in [-0.4, -0.2) is 38.4 Å². The Balaban J connectivity index is 2.53. The normalized spacial score (nSPS) is 20.7. The molecule has 88 valence electrons. The van der Waals surface area contributed by atoms with Crippen molar-refractivity contribution in [1.29, 1.82) is 0 Å². The maximum absolute atomic E-state index is 11.5. The van der Waals surface area contributed by atoms with E-state index in [0.29, 0.717) is 12.5 Å². The van der Waals surface area contributed by atoms with Crippen LogP contribution in [0.5, 0.6) is 0 Å². The van der Waals surface area contributed by atoms with Crippen molar-refractivity contribution in [1.82, 2.24) is 5.32 Å². The van der Waals surface area contributed by atoms with Crippen LogP contribution < -0.4 is 11.1 Å². The number of amides is 1. The van der Waals surface area contributed by atoms with Crippen LogP contribution in [0.1, 0.15) is 19.8 Å². The lowest BCUT2D eigenvalue weighted by Crippen LogP contribution is -2.47. The molecule has 2 unspecified atom stereocenters. The molecule has 0 aromatic rings. The van der Waals surface area contributed by atoms with Gasteiger partial charge >= 0.3 is 0 Å². The Hall–Kier alpha value is -0.620. The van der Waals surface area contributed by atoms with Crippen molar-refractivity contribution in [2.24, 2.45) is 11.7 Å². The summed E-state index contributed by atoms with van der Waals surface area (Å²) in [6, 6.07) is -0.0679. The van der Waals surface area contributed by atoms with E-state index in [1.165, 1.54) is 6.92 Å². The maximum Gasteiger partial charge on any atom is 0.238 e. The molecule has 15 heavy (non-hydrogen) atoms. The van der Waals surface area contributed by atoms with Gasteiger partial charge in [0.1, 0.15) is 5.25 Å². The lowest BCUT2D eigenvalue weighted by atomic mass is 10.2. The van der Waals surface area contributed by atoms with E-state index in [4.69, 9.17) is 5.73 Å². The SMILES string of the molecule is CC(C(=O)NC(CN)C1CC1)S(C)(=O)=O. The fraction of sp³-hybridized carbons (Fsp3) is 0.889. The summed E-state index contributed by atoms with van der Waals surface area (Å²) in [5, 5.41) is 1.70. The van der Waals surface area contributed by atoms with Gasteiger partial charge < -0.3 is 11.1 Å².